The lowest BCUT2D eigenvalue weighted by molar-refractivity contribution is -0.137. The molecule has 0 saturated heterocycles. The molecule has 20 heavy (non-hydrogen) atoms. The van der Waals surface area contributed by atoms with E-state index in [1.807, 2.05) is 0 Å². The largest absolute Gasteiger partial charge is 0.481 e. The Hall–Kier alpha value is -1.63. The highest BCUT2D eigenvalue weighted by Gasteiger charge is 2.11. The number of halogens is 2. The molecule has 1 aromatic carbocycles. The van der Waals surface area contributed by atoms with Crippen molar-refractivity contribution in [2.45, 2.75) is 19.4 Å². The molecule has 0 unspecified atom stereocenters. The molecule has 1 rings (SSSR count). The van der Waals surface area contributed by atoms with E-state index >= 15 is 0 Å². The number of nitrogens with zero attached hydrogens (tertiary/aromatic N) is 1. The highest BCUT2D eigenvalue weighted by molar-refractivity contribution is 9.10. The summed E-state index contributed by atoms with van der Waals surface area (Å²) in [7, 11) is 1.55. The van der Waals surface area contributed by atoms with Crippen LogP contribution < -0.4 is 5.32 Å². The van der Waals surface area contributed by atoms with Gasteiger partial charge in [0.05, 0.1) is 0 Å². The Labute approximate surface area is 124 Å². The minimum Gasteiger partial charge on any atom is -0.481 e. The molecule has 0 heterocycles. The van der Waals surface area contributed by atoms with Crippen molar-refractivity contribution in [2.24, 2.45) is 0 Å². The predicted molar refractivity (Wildman–Crippen MR) is 75.8 cm³/mol. The van der Waals surface area contributed by atoms with Crippen LogP contribution >= 0.6 is 15.9 Å². The Morgan fingerprint density at radius 1 is 1.45 bits per heavy atom. The molecule has 0 aromatic heterocycles. The zero-order chi connectivity index (χ0) is 15.1. The van der Waals surface area contributed by atoms with Crippen molar-refractivity contribution in [3.05, 3.63) is 34.1 Å². The molecule has 5 nitrogen and oxygen atoms in total. The van der Waals surface area contributed by atoms with Gasteiger partial charge in [0.25, 0.3) is 0 Å². The molecule has 0 bridgehead atoms. The first kappa shape index (κ1) is 16.4. The lowest BCUT2D eigenvalue weighted by Gasteiger charge is -2.18. The third kappa shape index (κ3) is 5.56. The Bertz CT molecular complexity index is 497. The first-order valence-corrected chi connectivity index (χ1v) is 6.84. The van der Waals surface area contributed by atoms with Crippen LogP contribution in [0.5, 0.6) is 0 Å². The Morgan fingerprint density at radius 3 is 2.80 bits per heavy atom. The van der Waals surface area contributed by atoms with Gasteiger partial charge in [-0.05, 0) is 24.6 Å². The van der Waals surface area contributed by atoms with E-state index in [1.54, 1.807) is 19.2 Å². The fraction of sp³-hybridized carbons (Fsp3) is 0.385. The van der Waals surface area contributed by atoms with E-state index < -0.39 is 5.97 Å². The van der Waals surface area contributed by atoms with E-state index in [0.717, 1.165) is 4.47 Å². The average molecular weight is 347 g/mol. The summed E-state index contributed by atoms with van der Waals surface area (Å²) in [6.07, 6.45) is 0.365. The third-order valence-electron chi connectivity index (χ3n) is 2.61. The summed E-state index contributed by atoms with van der Waals surface area (Å²) < 4.78 is 14.3. The number of carbonyl (C=O) groups excluding carboxylic acids is 1. The summed E-state index contributed by atoms with van der Waals surface area (Å²) in [5.74, 6) is -1.28. The molecule has 0 aliphatic carbocycles. The van der Waals surface area contributed by atoms with Crippen LogP contribution in [0, 0.1) is 5.82 Å². The molecular weight excluding hydrogens is 331 g/mol. The van der Waals surface area contributed by atoms with Gasteiger partial charge in [-0.2, -0.15) is 0 Å². The summed E-state index contributed by atoms with van der Waals surface area (Å²) in [5, 5.41) is 11.1. The molecule has 0 saturated carbocycles. The SMILES string of the molecule is CN(Cc1cc(Br)ccc1F)C(=O)NCCCC(=O)O. The highest BCUT2D eigenvalue weighted by atomic mass is 79.9. The standard InChI is InChI=1S/C13H16BrFN2O3/c1-17(13(20)16-6-2-3-12(18)19)8-9-7-10(14)4-5-11(9)15/h4-5,7H,2-3,6,8H2,1H3,(H,16,20)(H,18,19). The maximum absolute atomic E-state index is 13.5. The van der Waals surface area contributed by atoms with E-state index in [4.69, 9.17) is 5.11 Å². The smallest absolute Gasteiger partial charge is 0.317 e. The summed E-state index contributed by atoms with van der Waals surface area (Å²) in [6.45, 7) is 0.409. The van der Waals surface area contributed by atoms with Crippen molar-refractivity contribution in [3.63, 3.8) is 0 Å². The predicted octanol–water partition coefficient (Wildman–Crippen LogP) is 2.59. The lowest BCUT2D eigenvalue weighted by atomic mass is 10.2. The molecule has 0 spiro atoms. The molecule has 7 heteroatoms. The van der Waals surface area contributed by atoms with Gasteiger partial charge in [0.15, 0.2) is 0 Å². The molecular formula is C13H16BrFN2O3. The lowest BCUT2D eigenvalue weighted by Crippen LogP contribution is -2.37. The van der Waals surface area contributed by atoms with Crippen LogP contribution in [0.2, 0.25) is 0 Å². The van der Waals surface area contributed by atoms with E-state index in [2.05, 4.69) is 21.2 Å². The molecule has 0 fully saturated rings. The van der Waals surface area contributed by atoms with Crippen molar-refractivity contribution in [1.29, 1.82) is 0 Å². The number of carbonyl (C=O) groups is 2. The topological polar surface area (TPSA) is 69.6 Å². The van der Waals surface area contributed by atoms with Gasteiger partial charge in [-0.3, -0.25) is 4.79 Å². The van der Waals surface area contributed by atoms with Gasteiger partial charge in [0.2, 0.25) is 0 Å². The maximum Gasteiger partial charge on any atom is 0.317 e. The van der Waals surface area contributed by atoms with Crippen LogP contribution in [0.4, 0.5) is 9.18 Å². The summed E-state index contributed by atoms with van der Waals surface area (Å²) >= 11 is 3.25. The Balaban J connectivity index is 2.45. The molecule has 0 atom stereocenters. The normalized spacial score (nSPS) is 10.2. The molecule has 0 aliphatic rings. The van der Waals surface area contributed by atoms with E-state index in [9.17, 15) is 14.0 Å². The first-order valence-electron chi connectivity index (χ1n) is 6.05. The van der Waals surface area contributed by atoms with Crippen LogP contribution in [-0.4, -0.2) is 35.6 Å². The zero-order valence-corrected chi connectivity index (χ0v) is 12.6. The van der Waals surface area contributed by atoms with Crippen LogP contribution in [0.15, 0.2) is 22.7 Å². The minimum absolute atomic E-state index is 0.00422. The second kappa shape index (κ2) is 7.84. The number of carboxylic acids is 1. The van der Waals surface area contributed by atoms with Crippen LogP contribution in [0.25, 0.3) is 0 Å². The van der Waals surface area contributed by atoms with Gasteiger partial charge in [-0.1, -0.05) is 15.9 Å². The molecule has 0 radical (unpaired) electrons. The first-order chi connectivity index (χ1) is 9.40. The van der Waals surface area contributed by atoms with Crippen molar-refractivity contribution in [2.75, 3.05) is 13.6 Å². The van der Waals surface area contributed by atoms with Gasteiger partial charge >= 0.3 is 12.0 Å². The van der Waals surface area contributed by atoms with E-state index in [-0.39, 0.29) is 31.4 Å². The van der Waals surface area contributed by atoms with Gasteiger partial charge in [-0.25, -0.2) is 9.18 Å². The number of hydrogen-bond acceptors (Lipinski definition) is 2. The second-order valence-electron chi connectivity index (χ2n) is 4.32. The monoisotopic (exact) mass is 346 g/mol. The number of nitrogens with one attached hydrogen (secondary N) is 1. The number of amides is 2. The van der Waals surface area contributed by atoms with Crippen molar-refractivity contribution in [1.82, 2.24) is 10.2 Å². The van der Waals surface area contributed by atoms with Crippen molar-refractivity contribution < 1.29 is 19.1 Å². The maximum atomic E-state index is 13.5. The van der Waals surface area contributed by atoms with E-state index in [1.165, 1.54) is 11.0 Å². The zero-order valence-electron chi connectivity index (χ0n) is 11.0. The Kier molecular flexibility index (Phi) is 6.44. The number of aliphatic carboxylic acids is 1. The number of urea groups is 1. The van der Waals surface area contributed by atoms with Gasteiger partial charge < -0.3 is 15.3 Å². The molecule has 0 aliphatic heterocycles. The summed E-state index contributed by atoms with van der Waals surface area (Å²) in [5.41, 5.74) is 0.405. The van der Waals surface area contributed by atoms with Crippen molar-refractivity contribution >= 4 is 27.9 Å². The number of carboxylic acid groups (broad SMARTS) is 1. The minimum atomic E-state index is -0.899. The summed E-state index contributed by atoms with van der Waals surface area (Å²) in [6, 6.07) is 4.17. The fourth-order valence-electron chi connectivity index (χ4n) is 1.56. The van der Waals surface area contributed by atoms with E-state index in [0.29, 0.717) is 12.0 Å². The van der Waals surface area contributed by atoms with Gasteiger partial charge in [-0.15, -0.1) is 0 Å². The quantitative estimate of drug-likeness (QED) is 0.778. The molecule has 110 valence electrons. The van der Waals surface area contributed by atoms with Gasteiger partial charge in [0, 0.05) is 36.6 Å². The highest BCUT2D eigenvalue weighted by Crippen LogP contribution is 2.16. The molecule has 2 N–H and O–H groups in total. The van der Waals surface area contributed by atoms with Crippen LogP contribution in [0.1, 0.15) is 18.4 Å². The molecule has 2 amide bonds. The van der Waals surface area contributed by atoms with Crippen LogP contribution in [-0.2, 0) is 11.3 Å². The average Bonchev–Trinajstić information content (AvgIpc) is 2.38. The fourth-order valence-corrected chi connectivity index (χ4v) is 1.97. The summed E-state index contributed by atoms with van der Waals surface area (Å²) in [4.78, 5) is 23.4. The Morgan fingerprint density at radius 2 is 2.15 bits per heavy atom. The number of benzene rings is 1. The molecule has 1 aromatic rings. The van der Waals surface area contributed by atoms with Gasteiger partial charge in [0.1, 0.15) is 5.82 Å². The third-order valence-corrected chi connectivity index (χ3v) is 3.10. The second-order valence-corrected chi connectivity index (χ2v) is 5.24. The number of rotatable bonds is 6. The van der Waals surface area contributed by atoms with Crippen LogP contribution in [0.3, 0.4) is 0 Å². The van der Waals surface area contributed by atoms with Crippen molar-refractivity contribution in [3.8, 4) is 0 Å². The number of hydrogen-bond donors (Lipinski definition) is 2.